The van der Waals surface area contributed by atoms with Crippen molar-refractivity contribution in [3.05, 3.63) is 35.4 Å². The van der Waals surface area contributed by atoms with Crippen molar-refractivity contribution in [3.63, 3.8) is 0 Å². The summed E-state index contributed by atoms with van der Waals surface area (Å²) in [7, 11) is 0. The van der Waals surface area contributed by atoms with Crippen LogP contribution >= 0.6 is 0 Å². The van der Waals surface area contributed by atoms with Crippen LogP contribution in [0.25, 0.3) is 0 Å². The summed E-state index contributed by atoms with van der Waals surface area (Å²) in [5.74, 6) is 0.594. The van der Waals surface area contributed by atoms with Gasteiger partial charge in [-0.25, -0.2) is 0 Å². The van der Waals surface area contributed by atoms with Crippen molar-refractivity contribution in [2.75, 3.05) is 0 Å². The van der Waals surface area contributed by atoms with E-state index in [4.69, 9.17) is 11.5 Å². The first-order chi connectivity index (χ1) is 5.81. The van der Waals surface area contributed by atoms with Crippen LogP contribution < -0.4 is 11.5 Å². The van der Waals surface area contributed by atoms with Crippen molar-refractivity contribution in [1.29, 1.82) is 0 Å². The maximum atomic E-state index is 5.76. The fourth-order valence-corrected chi connectivity index (χ4v) is 1.55. The second-order valence-electron chi connectivity index (χ2n) is 3.46. The minimum Gasteiger partial charge on any atom is -0.327 e. The molecule has 1 aliphatic carbocycles. The molecule has 0 heterocycles. The number of rotatable bonds is 2. The van der Waals surface area contributed by atoms with Crippen molar-refractivity contribution in [2.45, 2.75) is 24.9 Å². The summed E-state index contributed by atoms with van der Waals surface area (Å²) in [5.41, 5.74) is 13.9. The van der Waals surface area contributed by atoms with Gasteiger partial charge in [0, 0.05) is 18.5 Å². The van der Waals surface area contributed by atoms with Gasteiger partial charge in [-0.2, -0.15) is 0 Å². The molecule has 0 bridgehead atoms. The molecule has 2 unspecified atom stereocenters. The predicted octanol–water partition coefficient (Wildman–Crippen LogP) is 0.960. The Labute approximate surface area is 72.6 Å². The SMILES string of the molecule is NCc1cccc(C2CC2N)c1. The third-order valence-corrected chi connectivity index (χ3v) is 2.45. The average Bonchev–Trinajstić information content (AvgIpc) is 2.83. The number of benzene rings is 1. The number of hydrogen-bond donors (Lipinski definition) is 2. The van der Waals surface area contributed by atoms with Crippen molar-refractivity contribution >= 4 is 0 Å². The van der Waals surface area contributed by atoms with Crippen LogP contribution in [0.3, 0.4) is 0 Å². The van der Waals surface area contributed by atoms with Gasteiger partial charge in [0.05, 0.1) is 0 Å². The van der Waals surface area contributed by atoms with Gasteiger partial charge in [-0.15, -0.1) is 0 Å². The predicted molar refractivity (Wildman–Crippen MR) is 49.7 cm³/mol. The number of nitrogens with two attached hydrogens (primary N) is 2. The maximum absolute atomic E-state index is 5.76. The molecule has 1 aromatic carbocycles. The lowest BCUT2D eigenvalue weighted by atomic mass is 10.1. The minimum atomic E-state index is 0.387. The van der Waals surface area contributed by atoms with E-state index in [1.165, 1.54) is 11.1 Å². The molecule has 1 fully saturated rings. The van der Waals surface area contributed by atoms with E-state index < -0.39 is 0 Å². The standard InChI is InChI=1S/C10H14N2/c11-6-7-2-1-3-8(4-7)9-5-10(9)12/h1-4,9-10H,5-6,11-12H2. The Kier molecular flexibility index (Phi) is 1.87. The molecular formula is C10H14N2. The molecule has 2 atom stereocenters. The van der Waals surface area contributed by atoms with Crippen LogP contribution in [0.4, 0.5) is 0 Å². The fourth-order valence-electron chi connectivity index (χ4n) is 1.55. The Morgan fingerprint density at radius 3 is 2.75 bits per heavy atom. The summed E-state index contributed by atoms with van der Waals surface area (Å²) < 4.78 is 0. The molecule has 4 N–H and O–H groups in total. The lowest BCUT2D eigenvalue weighted by Crippen LogP contribution is -2.02. The highest BCUT2D eigenvalue weighted by atomic mass is 14.7. The molecule has 2 heteroatoms. The van der Waals surface area contributed by atoms with Crippen LogP contribution in [0, 0.1) is 0 Å². The van der Waals surface area contributed by atoms with E-state index in [-0.39, 0.29) is 0 Å². The molecule has 64 valence electrons. The number of hydrogen-bond acceptors (Lipinski definition) is 2. The first-order valence-corrected chi connectivity index (χ1v) is 4.36. The molecule has 1 aromatic rings. The fraction of sp³-hybridized carbons (Fsp3) is 0.400. The van der Waals surface area contributed by atoms with Gasteiger partial charge in [0.25, 0.3) is 0 Å². The van der Waals surface area contributed by atoms with E-state index >= 15 is 0 Å². The van der Waals surface area contributed by atoms with Gasteiger partial charge in [0.1, 0.15) is 0 Å². The van der Waals surface area contributed by atoms with Gasteiger partial charge >= 0.3 is 0 Å². The molecule has 0 aliphatic heterocycles. The summed E-state index contributed by atoms with van der Waals surface area (Å²) in [6, 6.07) is 8.80. The second kappa shape index (κ2) is 2.88. The van der Waals surface area contributed by atoms with Crippen molar-refractivity contribution in [2.24, 2.45) is 11.5 Å². The van der Waals surface area contributed by atoms with Crippen LogP contribution in [0.15, 0.2) is 24.3 Å². The van der Waals surface area contributed by atoms with Gasteiger partial charge in [-0.05, 0) is 17.5 Å². The first-order valence-electron chi connectivity index (χ1n) is 4.36. The van der Waals surface area contributed by atoms with Gasteiger partial charge in [-0.1, -0.05) is 24.3 Å². The molecule has 2 nitrogen and oxygen atoms in total. The molecular weight excluding hydrogens is 148 g/mol. The highest BCUT2D eigenvalue weighted by Gasteiger charge is 2.34. The van der Waals surface area contributed by atoms with Crippen LogP contribution in [0.2, 0.25) is 0 Å². The molecule has 0 amide bonds. The lowest BCUT2D eigenvalue weighted by molar-refractivity contribution is 0.979. The summed E-state index contributed by atoms with van der Waals surface area (Å²) >= 11 is 0. The molecule has 1 aliphatic rings. The molecule has 0 saturated heterocycles. The normalized spacial score (nSPS) is 27.2. The van der Waals surface area contributed by atoms with Gasteiger partial charge in [-0.3, -0.25) is 0 Å². The largest absolute Gasteiger partial charge is 0.327 e. The lowest BCUT2D eigenvalue weighted by Gasteiger charge is -2.01. The van der Waals surface area contributed by atoms with E-state index in [1.807, 2.05) is 0 Å². The molecule has 0 radical (unpaired) electrons. The zero-order valence-electron chi connectivity index (χ0n) is 7.03. The molecule has 1 saturated carbocycles. The van der Waals surface area contributed by atoms with Crippen LogP contribution in [0.5, 0.6) is 0 Å². The van der Waals surface area contributed by atoms with E-state index in [0.29, 0.717) is 18.5 Å². The third-order valence-electron chi connectivity index (χ3n) is 2.45. The Morgan fingerprint density at radius 1 is 1.42 bits per heavy atom. The van der Waals surface area contributed by atoms with E-state index in [9.17, 15) is 0 Å². The van der Waals surface area contributed by atoms with Crippen LogP contribution in [-0.2, 0) is 6.54 Å². The highest BCUT2D eigenvalue weighted by Crippen LogP contribution is 2.38. The van der Waals surface area contributed by atoms with Crippen LogP contribution in [0.1, 0.15) is 23.5 Å². The van der Waals surface area contributed by atoms with Crippen LogP contribution in [-0.4, -0.2) is 6.04 Å². The Bertz CT molecular complexity index is 283. The monoisotopic (exact) mass is 162 g/mol. The molecule has 0 aromatic heterocycles. The first kappa shape index (κ1) is 7.77. The van der Waals surface area contributed by atoms with E-state index in [1.54, 1.807) is 0 Å². The Balaban J connectivity index is 2.21. The van der Waals surface area contributed by atoms with Gasteiger partial charge < -0.3 is 11.5 Å². The molecule has 12 heavy (non-hydrogen) atoms. The summed E-state index contributed by atoms with van der Waals surface area (Å²) in [6.07, 6.45) is 1.13. The zero-order valence-corrected chi connectivity index (χ0v) is 7.03. The third kappa shape index (κ3) is 1.36. The maximum Gasteiger partial charge on any atom is 0.0178 e. The highest BCUT2D eigenvalue weighted by molar-refractivity contribution is 5.31. The minimum absolute atomic E-state index is 0.387. The van der Waals surface area contributed by atoms with E-state index in [2.05, 4.69) is 24.3 Å². The van der Waals surface area contributed by atoms with Gasteiger partial charge in [0.15, 0.2) is 0 Å². The Morgan fingerprint density at radius 2 is 2.17 bits per heavy atom. The zero-order chi connectivity index (χ0) is 8.55. The summed E-state index contributed by atoms with van der Waals surface area (Å²) in [5, 5.41) is 0. The molecule has 0 spiro atoms. The topological polar surface area (TPSA) is 52.0 Å². The smallest absolute Gasteiger partial charge is 0.0178 e. The Hall–Kier alpha value is -0.860. The van der Waals surface area contributed by atoms with Crippen molar-refractivity contribution in [3.8, 4) is 0 Å². The van der Waals surface area contributed by atoms with Crippen molar-refractivity contribution in [1.82, 2.24) is 0 Å². The molecule has 2 rings (SSSR count). The average molecular weight is 162 g/mol. The van der Waals surface area contributed by atoms with Gasteiger partial charge in [0.2, 0.25) is 0 Å². The summed E-state index contributed by atoms with van der Waals surface area (Å²) in [6.45, 7) is 0.621. The van der Waals surface area contributed by atoms with Crippen molar-refractivity contribution < 1.29 is 0 Å². The quantitative estimate of drug-likeness (QED) is 0.680. The summed E-state index contributed by atoms with van der Waals surface area (Å²) in [4.78, 5) is 0. The van der Waals surface area contributed by atoms with E-state index in [0.717, 1.165) is 6.42 Å². The second-order valence-corrected chi connectivity index (χ2v) is 3.46.